The predicted molar refractivity (Wildman–Crippen MR) is 147 cm³/mol. The molecule has 2 heterocycles. The lowest BCUT2D eigenvalue weighted by Crippen LogP contribution is -2.70. The lowest BCUT2D eigenvalue weighted by Gasteiger charge is -2.49. The van der Waals surface area contributed by atoms with Crippen LogP contribution in [-0.4, -0.2) is 94.1 Å². The first kappa shape index (κ1) is 27.3. The standard InChI is InChI=1S/C27H31N3O5S2/c1-30(2,13-6-14-31)12-5-9-20-16-37-26-23(25(33)29(26)24(20)27(34)35)28-22(32)17-36-21-11-10-18-7-3-4-8-19(18)15-21/h3-5,7-11,15,23,26,31H,6,12-14,16-17H2,1-2H3,(H-,28,32,34,35)/p+1/t23-,26-/m1/s1. The maximum absolute atomic E-state index is 12.9. The number of hydrogen-bond donors (Lipinski definition) is 3. The summed E-state index contributed by atoms with van der Waals surface area (Å²) in [6, 6.07) is 13.3. The Morgan fingerprint density at radius 2 is 1.97 bits per heavy atom. The molecule has 2 atom stereocenters. The average molecular weight is 543 g/mol. The fraction of sp³-hybridized carbons (Fsp3) is 0.370. The highest BCUT2D eigenvalue weighted by atomic mass is 32.2. The first-order valence-electron chi connectivity index (χ1n) is 12.1. The van der Waals surface area contributed by atoms with E-state index in [0.717, 1.165) is 22.2 Å². The van der Waals surface area contributed by atoms with Crippen LogP contribution >= 0.6 is 23.5 Å². The number of fused-ring (bicyclic) bond motifs is 2. The molecular weight excluding hydrogens is 510 g/mol. The van der Waals surface area contributed by atoms with Crippen molar-refractivity contribution in [2.45, 2.75) is 22.7 Å². The van der Waals surface area contributed by atoms with Gasteiger partial charge in [-0.15, -0.1) is 23.5 Å². The summed E-state index contributed by atoms with van der Waals surface area (Å²) >= 11 is 2.86. The van der Waals surface area contributed by atoms with Crippen molar-refractivity contribution in [2.75, 3.05) is 45.3 Å². The van der Waals surface area contributed by atoms with Gasteiger partial charge in [0.05, 0.1) is 32.9 Å². The second-order valence-corrected chi connectivity index (χ2v) is 11.9. The van der Waals surface area contributed by atoms with Crippen molar-refractivity contribution in [1.82, 2.24) is 10.2 Å². The minimum atomic E-state index is -1.15. The third kappa shape index (κ3) is 6.38. The van der Waals surface area contributed by atoms with Crippen molar-refractivity contribution in [3.05, 3.63) is 65.9 Å². The minimum absolute atomic E-state index is 0.0123. The monoisotopic (exact) mass is 542 g/mol. The van der Waals surface area contributed by atoms with E-state index in [4.69, 9.17) is 5.11 Å². The number of β-lactam (4-membered cyclic amide) rings is 1. The number of quaternary nitrogens is 1. The van der Waals surface area contributed by atoms with E-state index in [2.05, 4.69) is 5.32 Å². The Kier molecular flexibility index (Phi) is 8.63. The first-order chi connectivity index (χ1) is 17.7. The van der Waals surface area contributed by atoms with Crippen molar-refractivity contribution >= 4 is 52.1 Å². The predicted octanol–water partition coefficient (Wildman–Crippen LogP) is 2.69. The molecule has 0 spiro atoms. The molecule has 2 aliphatic heterocycles. The molecule has 0 aliphatic carbocycles. The zero-order valence-corrected chi connectivity index (χ0v) is 22.6. The highest BCUT2D eigenvalue weighted by Crippen LogP contribution is 2.40. The van der Waals surface area contributed by atoms with Crippen LogP contribution in [0.5, 0.6) is 0 Å². The molecule has 8 nitrogen and oxygen atoms in total. The van der Waals surface area contributed by atoms with E-state index in [1.807, 2.05) is 62.6 Å². The zero-order chi connectivity index (χ0) is 26.6. The van der Waals surface area contributed by atoms with Crippen LogP contribution < -0.4 is 5.32 Å². The van der Waals surface area contributed by atoms with E-state index < -0.39 is 23.3 Å². The minimum Gasteiger partial charge on any atom is -0.477 e. The number of hydrogen-bond acceptors (Lipinski definition) is 6. The van der Waals surface area contributed by atoms with Gasteiger partial charge >= 0.3 is 5.97 Å². The fourth-order valence-electron chi connectivity index (χ4n) is 4.46. The van der Waals surface area contributed by atoms with E-state index in [-0.39, 0.29) is 24.0 Å². The van der Waals surface area contributed by atoms with Gasteiger partial charge in [-0.1, -0.05) is 36.4 Å². The Hall–Kier alpha value is -2.79. The van der Waals surface area contributed by atoms with E-state index in [0.29, 0.717) is 28.8 Å². The van der Waals surface area contributed by atoms with E-state index >= 15 is 0 Å². The Bertz CT molecular complexity index is 1260. The molecule has 0 bridgehead atoms. The SMILES string of the molecule is C[N+](C)(CC=CC1=C(C(=O)O)N2C(=O)[C@@H](NC(=O)CSc3ccc4ccccc4c3)[C@H]2SC1)CCCO. The third-order valence-corrected chi connectivity index (χ3v) is 8.74. The summed E-state index contributed by atoms with van der Waals surface area (Å²) in [6.45, 7) is 1.61. The van der Waals surface area contributed by atoms with Crippen LogP contribution in [0.25, 0.3) is 10.8 Å². The van der Waals surface area contributed by atoms with Gasteiger partial charge in [0.15, 0.2) is 0 Å². The largest absolute Gasteiger partial charge is 0.477 e. The molecule has 0 saturated carbocycles. The van der Waals surface area contributed by atoms with Gasteiger partial charge in [-0.25, -0.2) is 4.79 Å². The highest BCUT2D eigenvalue weighted by molar-refractivity contribution is 8.00. The van der Waals surface area contributed by atoms with Crippen molar-refractivity contribution in [2.24, 2.45) is 0 Å². The topological polar surface area (TPSA) is 107 Å². The normalized spacial score (nSPS) is 19.8. The molecule has 37 heavy (non-hydrogen) atoms. The summed E-state index contributed by atoms with van der Waals surface area (Å²) in [7, 11) is 4.09. The number of amides is 2. The summed E-state index contributed by atoms with van der Waals surface area (Å²) in [5.41, 5.74) is 0.572. The summed E-state index contributed by atoms with van der Waals surface area (Å²) in [4.78, 5) is 39.9. The Labute approximate surface area is 225 Å². The summed E-state index contributed by atoms with van der Waals surface area (Å²) in [6.07, 6.45) is 4.40. The smallest absolute Gasteiger partial charge is 0.352 e. The van der Waals surface area contributed by atoms with E-state index in [1.54, 1.807) is 6.08 Å². The van der Waals surface area contributed by atoms with Crippen LogP contribution in [0.1, 0.15) is 6.42 Å². The van der Waals surface area contributed by atoms with Crippen molar-refractivity contribution < 1.29 is 29.1 Å². The molecular formula is C27H32N3O5S2+. The zero-order valence-electron chi connectivity index (χ0n) is 20.9. The third-order valence-electron chi connectivity index (χ3n) is 6.45. The summed E-state index contributed by atoms with van der Waals surface area (Å²) in [5.74, 6) is -1.20. The molecule has 2 amide bonds. The van der Waals surface area contributed by atoms with Gasteiger partial charge in [0.25, 0.3) is 5.91 Å². The maximum Gasteiger partial charge on any atom is 0.352 e. The Morgan fingerprint density at radius 1 is 1.22 bits per heavy atom. The van der Waals surface area contributed by atoms with E-state index in [1.165, 1.54) is 28.4 Å². The van der Waals surface area contributed by atoms with Crippen LogP contribution in [-0.2, 0) is 14.4 Å². The molecule has 1 saturated heterocycles. The van der Waals surface area contributed by atoms with Crippen LogP contribution in [0.2, 0.25) is 0 Å². The molecule has 0 radical (unpaired) electrons. The van der Waals surface area contributed by atoms with Crippen LogP contribution in [0.4, 0.5) is 0 Å². The van der Waals surface area contributed by atoms with Gasteiger partial charge in [0.1, 0.15) is 17.1 Å². The van der Waals surface area contributed by atoms with Crippen molar-refractivity contribution in [1.29, 1.82) is 0 Å². The van der Waals surface area contributed by atoms with E-state index in [9.17, 15) is 19.5 Å². The maximum atomic E-state index is 12.9. The number of aliphatic hydroxyl groups excluding tert-OH is 1. The Balaban J connectivity index is 1.36. The molecule has 196 valence electrons. The van der Waals surface area contributed by atoms with Crippen LogP contribution in [0.3, 0.4) is 0 Å². The number of allylic oxidation sites excluding steroid dienone is 1. The Morgan fingerprint density at radius 3 is 2.70 bits per heavy atom. The summed E-state index contributed by atoms with van der Waals surface area (Å²) in [5, 5.41) is 23.5. The number of thioether (sulfide) groups is 2. The second-order valence-electron chi connectivity index (χ2n) is 9.75. The molecule has 1 fully saturated rings. The number of nitrogens with zero attached hydrogens (tertiary/aromatic N) is 2. The summed E-state index contributed by atoms with van der Waals surface area (Å²) < 4.78 is 0.663. The number of aliphatic carboxylic acids is 1. The average Bonchev–Trinajstić information content (AvgIpc) is 2.88. The molecule has 0 aromatic heterocycles. The fourth-order valence-corrected chi connectivity index (χ4v) is 6.54. The lowest BCUT2D eigenvalue weighted by molar-refractivity contribution is -0.884. The molecule has 2 aromatic rings. The second kappa shape index (κ2) is 11.7. The first-order valence-corrected chi connectivity index (χ1v) is 14.1. The molecule has 0 unspecified atom stereocenters. The number of carbonyl (C=O) groups excluding carboxylic acids is 2. The van der Waals surface area contributed by atoms with Crippen molar-refractivity contribution in [3.8, 4) is 0 Å². The molecule has 2 aliphatic rings. The van der Waals surface area contributed by atoms with Crippen molar-refractivity contribution in [3.63, 3.8) is 0 Å². The number of rotatable bonds is 11. The number of carbonyl (C=O) groups is 3. The number of carboxylic acid groups (broad SMARTS) is 1. The molecule has 3 N–H and O–H groups in total. The molecule has 10 heteroatoms. The highest BCUT2D eigenvalue weighted by Gasteiger charge is 2.53. The van der Waals surface area contributed by atoms with Crippen LogP contribution in [0.15, 0.2) is 70.8 Å². The number of aliphatic hydroxyl groups is 1. The van der Waals surface area contributed by atoms with Crippen LogP contribution in [0, 0.1) is 0 Å². The molecule has 4 rings (SSSR count). The lowest BCUT2D eigenvalue weighted by atomic mass is 10.0. The van der Waals surface area contributed by atoms with Gasteiger partial charge in [0, 0.05) is 23.7 Å². The van der Waals surface area contributed by atoms with Gasteiger partial charge in [-0.05, 0) is 34.6 Å². The number of likely N-dealkylation sites (N-methyl/N-ethyl adjacent to an activating group) is 1. The number of nitrogens with one attached hydrogen (secondary N) is 1. The van der Waals surface area contributed by atoms with Gasteiger partial charge < -0.3 is 20.0 Å². The quantitative estimate of drug-likeness (QED) is 0.228. The number of carboxylic acids is 1. The molecule has 2 aromatic carbocycles. The van der Waals surface area contributed by atoms with Gasteiger partial charge in [-0.2, -0.15) is 0 Å². The van der Waals surface area contributed by atoms with Gasteiger partial charge in [0.2, 0.25) is 5.91 Å². The number of benzene rings is 2. The van der Waals surface area contributed by atoms with Gasteiger partial charge in [-0.3, -0.25) is 14.5 Å².